The Morgan fingerprint density at radius 1 is 0.955 bits per heavy atom. The smallest absolute Gasteiger partial charge is 0.410 e. The largest absolute Gasteiger partial charge is 0.445 e. The Labute approximate surface area is 260 Å². The Bertz CT molecular complexity index is 1600. The van der Waals surface area contributed by atoms with Gasteiger partial charge in [-0.15, -0.1) is 0 Å². The van der Waals surface area contributed by atoms with Gasteiger partial charge in [0.15, 0.2) is 0 Å². The van der Waals surface area contributed by atoms with Gasteiger partial charge in [-0.1, -0.05) is 56.0 Å². The highest BCUT2D eigenvalue weighted by atomic mass is 28.3. The van der Waals surface area contributed by atoms with E-state index in [0.29, 0.717) is 39.5 Å². The maximum atomic E-state index is 12.7. The number of ether oxygens (including phenoxy) is 2. The molecule has 2 aliphatic heterocycles. The number of anilines is 2. The number of nitrogens with zero attached hydrogens (tertiary/aromatic N) is 7. The van der Waals surface area contributed by atoms with Gasteiger partial charge in [0.1, 0.15) is 25.5 Å². The first-order valence-corrected chi connectivity index (χ1v) is 19.3. The monoisotopic (exact) mass is 613 g/mol. The van der Waals surface area contributed by atoms with Crippen LogP contribution in [0.25, 0.3) is 10.9 Å². The second-order valence-corrected chi connectivity index (χ2v) is 18.6. The summed E-state index contributed by atoms with van der Waals surface area (Å²) in [6, 6.07) is 15.3. The lowest BCUT2D eigenvalue weighted by Crippen LogP contribution is -2.49. The number of amides is 1. The van der Waals surface area contributed by atoms with Crippen LogP contribution in [0.3, 0.4) is 0 Å². The third-order valence-electron chi connectivity index (χ3n) is 8.55. The molecule has 1 amide bonds. The van der Waals surface area contributed by atoms with Crippen LogP contribution < -0.4 is 9.80 Å². The average molecular weight is 614 g/mol. The highest BCUT2D eigenvalue weighted by Crippen LogP contribution is 2.35. The van der Waals surface area contributed by atoms with E-state index >= 15 is 0 Å². The number of rotatable bonds is 9. The Hall–Kier alpha value is -3.96. The van der Waals surface area contributed by atoms with Crippen LogP contribution in [0.5, 0.6) is 0 Å². The molecular formula is C33H43N7O3Si. The molecule has 44 heavy (non-hydrogen) atoms. The van der Waals surface area contributed by atoms with Gasteiger partial charge in [0.25, 0.3) is 0 Å². The molecule has 2 aromatic heterocycles. The zero-order valence-corrected chi connectivity index (χ0v) is 27.3. The number of hydrogen-bond donors (Lipinski definition) is 0. The summed E-state index contributed by atoms with van der Waals surface area (Å²) in [5.41, 5.74) is 6.79. The zero-order chi connectivity index (χ0) is 30.7. The van der Waals surface area contributed by atoms with Crippen LogP contribution >= 0.6 is 0 Å². The van der Waals surface area contributed by atoms with E-state index in [0.717, 1.165) is 53.6 Å². The van der Waals surface area contributed by atoms with Crippen LogP contribution in [0.2, 0.25) is 25.7 Å². The van der Waals surface area contributed by atoms with Crippen molar-refractivity contribution in [3.05, 3.63) is 77.4 Å². The fourth-order valence-electron chi connectivity index (χ4n) is 6.01. The van der Waals surface area contributed by atoms with Crippen molar-refractivity contribution in [1.82, 2.24) is 24.6 Å². The molecule has 6 rings (SSSR count). The molecule has 10 nitrogen and oxygen atoms in total. The first kappa shape index (κ1) is 30.1. The summed E-state index contributed by atoms with van der Waals surface area (Å²) in [4.78, 5) is 28.6. The van der Waals surface area contributed by atoms with Crippen molar-refractivity contribution in [2.75, 3.05) is 49.1 Å². The molecule has 0 saturated carbocycles. The van der Waals surface area contributed by atoms with Crippen LogP contribution in [-0.2, 0) is 35.8 Å². The lowest BCUT2D eigenvalue weighted by molar-refractivity contribution is 0.0817. The highest BCUT2D eigenvalue weighted by Gasteiger charge is 2.29. The standard InChI is InChI=1S/C33H43N7O3Si/c1-25-10-11-30-28(20-36-40(30)24-42-18-19-44(2,3)4)31(25)39-13-12-27-29(21-39)34-23-35-32(27)37-14-16-38(17-15-37)33(41)43-22-26-8-6-5-7-9-26/h5-11,20,23H,12-19,21-22,24H2,1-4H3. The number of carbonyl (C=O) groups excluding carboxylic acids is 1. The number of aromatic nitrogens is 4. The molecule has 2 aliphatic rings. The molecule has 0 bridgehead atoms. The normalized spacial score (nSPS) is 15.5. The third kappa shape index (κ3) is 6.73. The van der Waals surface area contributed by atoms with Gasteiger partial charge >= 0.3 is 6.09 Å². The summed E-state index contributed by atoms with van der Waals surface area (Å²) in [5.74, 6) is 0.991. The molecule has 2 aromatic carbocycles. The molecule has 1 saturated heterocycles. The van der Waals surface area contributed by atoms with E-state index in [1.165, 1.54) is 16.8 Å². The SMILES string of the molecule is Cc1ccc2c(cnn2COCC[Si](C)(C)C)c1N1CCc2c(ncnc2N2CCN(C(=O)OCc3ccccc3)CC2)C1. The van der Waals surface area contributed by atoms with E-state index in [4.69, 9.17) is 24.5 Å². The van der Waals surface area contributed by atoms with Crippen molar-refractivity contribution in [3.8, 4) is 0 Å². The molecule has 1 fully saturated rings. The number of hydrogen-bond acceptors (Lipinski definition) is 8. The van der Waals surface area contributed by atoms with Crippen LogP contribution in [0, 0.1) is 6.92 Å². The zero-order valence-electron chi connectivity index (χ0n) is 26.3. The van der Waals surface area contributed by atoms with Gasteiger partial charge in [0.05, 0.1) is 29.6 Å². The van der Waals surface area contributed by atoms with Gasteiger partial charge in [-0.25, -0.2) is 19.4 Å². The second kappa shape index (κ2) is 13.0. The molecule has 232 valence electrons. The lowest BCUT2D eigenvalue weighted by atomic mass is 10.0. The number of piperazine rings is 1. The van der Waals surface area contributed by atoms with Crippen molar-refractivity contribution in [1.29, 1.82) is 0 Å². The fraction of sp³-hybridized carbons (Fsp3) is 0.455. The lowest BCUT2D eigenvalue weighted by Gasteiger charge is -2.37. The second-order valence-electron chi connectivity index (χ2n) is 13.0. The summed E-state index contributed by atoms with van der Waals surface area (Å²) < 4.78 is 13.5. The molecule has 4 heterocycles. The Morgan fingerprint density at radius 2 is 1.75 bits per heavy atom. The Balaban J connectivity index is 1.10. The highest BCUT2D eigenvalue weighted by molar-refractivity contribution is 6.76. The first-order chi connectivity index (χ1) is 21.3. The third-order valence-corrected chi connectivity index (χ3v) is 10.3. The minimum atomic E-state index is -1.13. The molecule has 0 unspecified atom stereocenters. The van der Waals surface area contributed by atoms with Gasteiger partial charge < -0.3 is 24.2 Å². The average Bonchev–Trinajstić information content (AvgIpc) is 3.44. The Kier molecular flexibility index (Phi) is 8.85. The van der Waals surface area contributed by atoms with Crippen molar-refractivity contribution < 1.29 is 14.3 Å². The van der Waals surface area contributed by atoms with Crippen molar-refractivity contribution in [3.63, 3.8) is 0 Å². The quantitative estimate of drug-likeness (QED) is 0.182. The van der Waals surface area contributed by atoms with Gasteiger partial charge in [-0.3, -0.25) is 0 Å². The van der Waals surface area contributed by atoms with E-state index in [2.05, 4.69) is 48.5 Å². The number of aryl methyl sites for hydroxylation is 1. The summed E-state index contributed by atoms with van der Waals surface area (Å²) in [6.45, 7) is 15.0. The van der Waals surface area contributed by atoms with E-state index < -0.39 is 8.07 Å². The molecule has 0 N–H and O–H groups in total. The molecule has 0 atom stereocenters. The topological polar surface area (TPSA) is 88.9 Å². The summed E-state index contributed by atoms with van der Waals surface area (Å²) in [6.07, 6.45) is 4.25. The van der Waals surface area contributed by atoms with Gasteiger partial charge in [-0.2, -0.15) is 5.10 Å². The van der Waals surface area contributed by atoms with E-state index in [-0.39, 0.29) is 12.7 Å². The van der Waals surface area contributed by atoms with Gasteiger partial charge in [0, 0.05) is 58.4 Å². The van der Waals surface area contributed by atoms with Crippen molar-refractivity contribution >= 4 is 36.6 Å². The number of carbonyl (C=O) groups is 1. The number of benzene rings is 2. The molecule has 0 radical (unpaired) electrons. The van der Waals surface area contributed by atoms with Crippen LogP contribution in [0.1, 0.15) is 22.4 Å². The number of fused-ring (bicyclic) bond motifs is 2. The fourth-order valence-corrected chi connectivity index (χ4v) is 6.77. The van der Waals surface area contributed by atoms with Crippen molar-refractivity contribution in [2.45, 2.75) is 58.9 Å². The van der Waals surface area contributed by atoms with Crippen LogP contribution in [0.15, 0.2) is 55.0 Å². The summed E-state index contributed by atoms with van der Waals surface area (Å²) in [7, 11) is -1.13. The maximum absolute atomic E-state index is 12.7. The van der Waals surface area contributed by atoms with Crippen LogP contribution in [-0.4, -0.2) is 78.1 Å². The predicted octanol–water partition coefficient (Wildman–Crippen LogP) is 5.47. The van der Waals surface area contributed by atoms with E-state index in [9.17, 15) is 4.79 Å². The predicted molar refractivity (Wildman–Crippen MR) is 176 cm³/mol. The molecule has 4 aromatic rings. The minimum absolute atomic E-state index is 0.264. The molecule has 0 spiro atoms. The van der Waals surface area contributed by atoms with Gasteiger partial charge in [0.2, 0.25) is 0 Å². The van der Waals surface area contributed by atoms with Gasteiger partial charge in [-0.05, 0) is 36.6 Å². The molecular weight excluding hydrogens is 570 g/mol. The first-order valence-electron chi connectivity index (χ1n) is 15.6. The molecule has 11 heteroatoms. The summed E-state index contributed by atoms with van der Waals surface area (Å²) in [5, 5.41) is 5.84. The van der Waals surface area contributed by atoms with Crippen molar-refractivity contribution in [2.24, 2.45) is 0 Å². The minimum Gasteiger partial charge on any atom is -0.445 e. The summed E-state index contributed by atoms with van der Waals surface area (Å²) >= 11 is 0. The van der Waals surface area contributed by atoms with E-state index in [1.807, 2.05) is 41.2 Å². The Morgan fingerprint density at radius 3 is 2.52 bits per heavy atom. The molecule has 0 aliphatic carbocycles. The maximum Gasteiger partial charge on any atom is 0.410 e. The van der Waals surface area contributed by atoms with E-state index in [1.54, 1.807) is 11.2 Å². The van der Waals surface area contributed by atoms with Crippen LogP contribution in [0.4, 0.5) is 16.3 Å².